The predicted octanol–water partition coefficient (Wildman–Crippen LogP) is 20.1. The minimum atomic E-state index is -0.0897. The molecule has 0 bridgehead atoms. The number of rotatable bonds is 4. The van der Waals surface area contributed by atoms with Crippen LogP contribution in [-0.4, -0.2) is 18.6 Å². The molecule has 348 valence electrons. The summed E-state index contributed by atoms with van der Waals surface area (Å²) in [5.41, 5.74) is 17.9. The van der Waals surface area contributed by atoms with E-state index in [0.717, 1.165) is 58.3 Å². The highest BCUT2D eigenvalue weighted by molar-refractivity contribution is 7.27. The fourth-order valence-corrected chi connectivity index (χ4v) is 15.1. The summed E-state index contributed by atoms with van der Waals surface area (Å²) in [4.78, 5) is 2.71. The first-order valence-electron chi connectivity index (χ1n) is 22.0. The molecular formula is C58H56Cl2N2O2S4. The Morgan fingerprint density at radius 1 is 0.485 bits per heavy atom. The number of nitrogens with two attached hydrogens (primary N) is 1. The Hall–Kier alpha value is -5.06. The van der Waals surface area contributed by atoms with Gasteiger partial charge >= 0.3 is 0 Å². The summed E-state index contributed by atoms with van der Waals surface area (Å²) in [6.45, 7) is 17.9. The number of hydrogen-bond donors (Lipinski definition) is 1. The van der Waals surface area contributed by atoms with E-state index in [1.54, 1.807) is 36.9 Å². The summed E-state index contributed by atoms with van der Waals surface area (Å²) >= 11 is 20.7. The summed E-state index contributed by atoms with van der Waals surface area (Å²) in [6, 6.07) is 35.1. The van der Waals surface area contributed by atoms with Gasteiger partial charge in [0.15, 0.2) is 0 Å². The third-order valence-electron chi connectivity index (χ3n) is 13.1. The molecule has 6 aromatic heterocycles. The maximum Gasteiger partial charge on any atom is 0.120 e. The first kappa shape index (κ1) is 48.0. The van der Waals surface area contributed by atoms with Gasteiger partial charge < -0.3 is 15.2 Å². The zero-order chi connectivity index (χ0) is 46.3. The van der Waals surface area contributed by atoms with E-state index in [2.05, 4.69) is 145 Å². The molecule has 4 nitrogen and oxygen atoms in total. The molecule has 0 aliphatic carbocycles. The Morgan fingerprint density at radius 3 is 1.32 bits per heavy atom. The SMILES string of the molecule is C.C.COc1ccc2c(-c3cc(C(C)(C)C)cc(-c4c(Cl)sc5cc(C)ccc45)c3N)c(Cl)sc2c1.COc1ccc2c(c1)sc1c2c2cc(C(C)(C)C)cc3c4c5ccc(C)cc5sc4n1c32. The highest BCUT2D eigenvalue weighted by Crippen LogP contribution is 2.53. The fourth-order valence-electron chi connectivity index (χ4n) is 9.55. The Bertz CT molecular complexity index is 3940. The molecule has 2 N–H and O–H groups in total. The van der Waals surface area contributed by atoms with E-state index >= 15 is 0 Å². The molecular weight excluding hydrogens is 956 g/mol. The maximum atomic E-state index is 6.95. The average molecular weight is 1010 g/mol. The molecule has 0 fully saturated rings. The number of methoxy groups -OCH3 is 2. The van der Waals surface area contributed by atoms with Crippen molar-refractivity contribution in [1.82, 2.24) is 4.40 Å². The maximum absolute atomic E-state index is 6.95. The molecule has 10 heteroatoms. The van der Waals surface area contributed by atoms with Crippen LogP contribution in [0.5, 0.6) is 11.5 Å². The van der Waals surface area contributed by atoms with Crippen molar-refractivity contribution < 1.29 is 9.47 Å². The van der Waals surface area contributed by atoms with E-state index in [0.29, 0.717) is 10.0 Å². The van der Waals surface area contributed by atoms with Gasteiger partial charge in [-0.25, -0.2) is 0 Å². The van der Waals surface area contributed by atoms with Crippen molar-refractivity contribution in [2.24, 2.45) is 0 Å². The lowest BCUT2D eigenvalue weighted by Crippen LogP contribution is -2.12. The Labute approximate surface area is 424 Å². The second-order valence-corrected chi connectivity index (χ2v) is 24.9. The van der Waals surface area contributed by atoms with Crippen LogP contribution in [0.25, 0.3) is 99.3 Å². The van der Waals surface area contributed by atoms with E-state index in [4.69, 9.17) is 38.4 Å². The number of hydrogen-bond acceptors (Lipinski definition) is 7. The predicted molar refractivity (Wildman–Crippen MR) is 308 cm³/mol. The van der Waals surface area contributed by atoms with Crippen molar-refractivity contribution in [3.05, 3.63) is 128 Å². The van der Waals surface area contributed by atoms with Crippen LogP contribution in [0.15, 0.2) is 97.1 Å². The smallest absolute Gasteiger partial charge is 0.120 e. The topological polar surface area (TPSA) is 48.9 Å². The van der Waals surface area contributed by atoms with Crippen LogP contribution in [0.2, 0.25) is 8.67 Å². The lowest BCUT2D eigenvalue weighted by Gasteiger charge is -2.23. The second-order valence-electron chi connectivity index (χ2n) is 19.5. The van der Waals surface area contributed by atoms with Crippen molar-refractivity contribution in [2.75, 3.05) is 20.0 Å². The third-order valence-corrected chi connectivity index (χ3v) is 18.1. The lowest BCUT2D eigenvalue weighted by atomic mass is 9.82. The van der Waals surface area contributed by atoms with Crippen LogP contribution in [0.3, 0.4) is 0 Å². The number of nitrogens with zero attached hydrogens (tertiary/aromatic N) is 1. The van der Waals surface area contributed by atoms with Crippen LogP contribution in [0, 0.1) is 13.8 Å². The van der Waals surface area contributed by atoms with Gasteiger partial charge in [-0.2, -0.15) is 0 Å². The Balaban J connectivity index is 0.000000165. The van der Waals surface area contributed by atoms with E-state index in [-0.39, 0.29) is 25.7 Å². The van der Waals surface area contributed by atoms with Crippen molar-refractivity contribution in [1.29, 1.82) is 0 Å². The molecule has 12 rings (SSSR count). The van der Waals surface area contributed by atoms with Gasteiger partial charge in [0, 0.05) is 89.8 Å². The van der Waals surface area contributed by atoms with Gasteiger partial charge in [-0.15, -0.1) is 45.3 Å². The van der Waals surface area contributed by atoms with E-state index < -0.39 is 0 Å². The summed E-state index contributed by atoms with van der Waals surface area (Å²) < 4.78 is 19.8. The van der Waals surface area contributed by atoms with Gasteiger partial charge in [0.05, 0.1) is 19.7 Å². The van der Waals surface area contributed by atoms with Crippen molar-refractivity contribution in [3.63, 3.8) is 0 Å². The fraction of sp³-hybridized carbons (Fsp3) is 0.241. The minimum absolute atomic E-state index is 0. The minimum Gasteiger partial charge on any atom is -0.497 e. The number of fused-ring (bicyclic) bond motifs is 12. The summed E-state index contributed by atoms with van der Waals surface area (Å²) in [7, 11) is 3.41. The standard InChI is InChI=1S/C28H25Cl2NOS2.C28H23NOS2.2CH4/c1-14-6-8-17-21(10-14)33-26(29)23(17)19-11-15(28(2,3)4)12-20(25(19)31)24-18-9-7-16(32-5)13-22(18)34-27(24)30;1-14-6-8-17-21(10-14)31-26-23(17)19-11-15(28(2,3)4)12-20-24-18-9-7-16(30-5)13-22(18)32-27(24)29(26)25(19)20;;/h6-13H,31H2,1-5H3;6-13H,1-5H3;2*1H4. The summed E-state index contributed by atoms with van der Waals surface area (Å²) in [5, 5.41) is 10.5. The number of thiophene rings is 4. The van der Waals surface area contributed by atoms with Gasteiger partial charge in [-0.3, -0.25) is 4.40 Å². The molecule has 0 amide bonds. The van der Waals surface area contributed by atoms with Crippen molar-refractivity contribution in [3.8, 4) is 33.8 Å². The molecule has 0 aliphatic rings. The highest BCUT2D eigenvalue weighted by Gasteiger charge is 2.28. The zero-order valence-electron chi connectivity index (χ0n) is 38.5. The Morgan fingerprint density at radius 2 is 0.868 bits per heavy atom. The number of halogens is 2. The summed E-state index contributed by atoms with van der Waals surface area (Å²) in [5.74, 6) is 1.72. The van der Waals surface area contributed by atoms with Crippen LogP contribution in [0.1, 0.15) is 78.6 Å². The van der Waals surface area contributed by atoms with Gasteiger partial charge in [-0.05, 0) is 120 Å². The van der Waals surface area contributed by atoms with Crippen LogP contribution in [0.4, 0.5) is 5.69 Å². The van der Waals surface area contributed by atoms with E-state index in [9.17, 15) is 0 Å². The molecule has 68 heavy (non-hydrogen) atoms. The second kappa shape index (κ2) is 17.1. The molecule has 6 heterocycles. The number of aromatic nitrogens is 1. The number of benzene rings is 6. The van der Waals surface area contributed by atoms with Crippen molar-refractivity contribution in [2.45, 2.75) is 81.1 Å². The number of ether oxygens (including phenoxy) is 2. The highest BCUT2D eigenvalue weighted by atomic mass is 35.5. The van der Waals surface area contributed by atoms with Crippen LogP contribution in [-0.2, 0) is 10.8 Å². The van der Waals surface area contributed by atoms with Gasteiger partial charge in [0.2, 0.25) is 0 Å². The first-order chi connectivity index (χ1) is 31.4. The molecule has 6 aromatic carbocycles. The zero-order valence-corrected chi connectivity index (χ0v) is 43.2. The molecule has 0 radical (unpaired) electrons. The quantitative estimate of drug-likeness (QED) is 0.179. The van der Waals surface area contributed by atoms with Gasteiger partial charge in [-0.1, -0.05) is 104 Å². The normalized spacial score (nSPS) is 12.2. The van der Waals surface area contributed by atoms with E-state index in [1.807, 2.05) is 34.8 Å². The van der Waals surface area contributed by atoms with Gasteiger partial charge in [0.1, 0.15) is 29.8 Å². The van der Waals surface area contributed by atoms with Crippen LogP contribution >= 0.6 is 68.5 Å². The van der Waals surface area contributed by atoms with E-state index in [1.165, 1.54) is 79.1 Å². The number of anilines is 1. The first-order valence-corrected chi connectivity index (χ1v) is 26.0. The largest absolute Gasteiger partial charge is 0.497 e. The average Bonchev–Trinajstić information content (AvgIpc) is 4.10. The molecule has 0 saturated carbocycles. The molecule has 0 saturated heterocycles. The van der Waals surface area contributed by atoms with Crippen molar-refractivity contribution >= 4 is 151 Å². The molecule has 0 aliphatic heterocycles. The number of nitrogen functional groups attached to an aromatic ring is 1. The molecule has 0 spiro atoms. The van der Waals surface area contributed by atoms with Crippen LogP contribution < -0.4 is 15.2 Å². The molecule has 12 aromatic rings. The van der Waals surface area contributed by atoms with Gasteiger partial charge in [0.25, 0.3) is 0 Å². The molecule has 0 atom stereocenters. The number of aryl methyl sites for hydroxylation is 2. The molecule has 0 unspecified atom stereocenters. The Kier molecular flexibility index (Phi) is 12.1. The monoisotopic (exact) mass is 1010 g/mol. The third kappa shape index (κ3) is 7.49. The summed E-state index contributed by atoms with van der Waals surface area (Å²) in [6.07, 6.45) is 0. The lowest BCUT2D eigenvalue weighted by molar-refractivity contribution is 0.415.